The molecule has 1 aliphatic rings. The summed E-state index contributed by atoms with van der Waals surface area (Å²) in [6.45, 7) is 0. The molecule has 2 aromatic carbocycles. The first-order chi connectivity index (χ1) is 13.7. The number of ether oxygens (including phenoxy) is 1. The largest absolute Gasteiger partial charge is 0.497 e. The molecule has 1 N–H and O–H groups in total. The van der Waals surface area contributed by atoms with Gasteiger partial charge in [-0.1, -0.05) is 0 Å². The Balaban J connectivity index is 1.54. The third kappa shape index (κ3) is 3.44. The summed E-state index contributed by atoms with van der Waals surface area (Å²) < 4.78 is 8.80. The Morgan fingerprint density at radius 1 is 1.11 bits per heavy atom. The van der Waals surface area contributed by atoms with Crippen molar-refractivity contribution in [2.45, 2.75) is 18.9 Å². The quantitative estimate of drug-likeness (QED) is 0.366. The van der Waals surface area contributed by atoms with Crippen molar-refractivity contribution in [2.24, 2.45) is 0 Å². The minimum absolute atomic E-state index is 0.572. The number of nitrogens with zero attached hydrogens (tertiary/aromatic N) is 3. The van der Waals surface area contributed by atoms with E-state index < -0.39 is 0 Å². The lowest BCUT2D eigenvalue weighted by Gasteiger charge is -2.13. The first-order valence-electron chi connectivity index (χ1n) is 9.24. The number of nitrogens with one attached hydrogen (secondary N) is 1. The third-order valence-corrected chi connectivity index (χ3v) is 5.65. The molecule has 2 heterocycles. The van der Waals surface area contributed by atoms with Crippen LogP contribution in [0.3, 0.4) is 0 Å². The highest BCUT2D eigenvalue weighted by molar-refractivity contribution is 14.1. The lowest BCUT2D eigenvalue weighted by atomic mass is 10.1. The van der Waals surface area contributed by atoms with E-state index in [1.54, 1.807) is 7.11 Å². The van der Waals surface area contributed by atoms with Crippen LogP contribution in [0.4, 0.5) is 11.4 Å². The second-order valence-corrected chi connectivity index (χ2v) is 8.28. The van der Waals surface area contributed by atoms with Gasteiger partial charge in [0.25, 0.3) is 0 Å². The van der Waals surface area contributed by atoms with E-state index in [0.717, 1.165) is 39.2 Å². The molecule has 4 aromatic rings. The topological polar surface area (TPSA) is 52.0 Å². The second kappa shape index (κ2) is 7.09. The molecule has 1 fully saturated rings. The predicted molar refractivity (Wildman–Crippen MR) is 120 cm³/mol. The van der Waals surface area contributed by atoms with Crippen LogP contribution in [0.2, 0.25) is 0 Å². The lowest BCUT2D eigenvalue weighted by molar-refractivity contribution is 0.415. The monoisotopic (exact) mass is 482 g/mol. The number of aromatic nitrogens is 3. The molecular weight excluding hydrogens is 463 g/mol. The van der Waals surface area contributed by atoms with Crippen LogP contribution in [0, 0.1) is 3.57 Å². The van der Waals surface area contributed by atoms with E-state index in [0.29, 0.717) is 6.04 Å². The summed E-state index contributed by atoms with van der Waals surface area (Å²) in [7, 11) is 1.70. The Hall–Kier alpha value is -2.61. The summed E-state index contributed by atoms with van der Waals surface area (Å²) in [5.74, 6) is 0.812. The zero-order valence-electron chi connectivity index (χ0n) is 15.4. The van der Waals surface area contributed by atoms with Crippen LogP contribution >= 0.6 is 22.6 Å². The molecule has 28 heavy (non-hydrogen) atoms. The van der Waals surface area contributed by atoms with Gasteiger partial charge in [0.05, 0.1) is 24.9 Å². The molecule has 140 valence electrons. The smallest absolute Gasteiger partial charge is 0.121 e. The highest BCUT2D eigenvalue weighted by Crippen LogP contribution is 2.36. The Morgan fingerprint density at radius 2 is 2.00 bits per heavy atom. The summed E-state index contributed by atoms with van der Waals surface area (Å²) in [6, 6.07) is 15.0. The van der Waals surface area contributed by atoms with Gasteiger partial charge in [0.2, 0.25) is 0 Å². The molecule has 0 bridgehead atoms. The van der Waals surface area contributed by atoms with E-state index in [2.05, 4.69) is 67.1 Å². The van der Waals surface area contributed by atoms with Gasteiger partial charge in [-0.25, -0.2) is 0 Å². The number of fused-ring (bicyclic) bond motifs is 1. The fourth-order valence-corrected chi connectivity index (χ4v) is 3.86. The Morgan fingerprint density at radius 3 is 2.82 bits per heavy atom. The maximum absolute atomic E-state index is 5.55. The maximum atomic E-state index is 5.55. The fraction of sp³-hybridized carbons (Fsp3) is 0.182. The van der Waals surface area contributed by atoms with Gasteiger partial charge in [-0.05, 0) is 77.4 Å². The summed E-state index contributed by atoms with van der Waals surface area (Å²) in [5.41, 5.74) is 5.15. The Kier molecular flexibility index (Phi) is 4.43. The van der Waals surface area contributed by atoms with E-state index in [1.807, 2.05) is 36.7 Å². The van der Waals surface area contributed by atoms with Gasteiger partial charge in [0, 0.05) is 44.4 Å². The van der Waals surface area contributed by atoms with Crippen molar-refractivity contribution in [3.05, 3.63) is 64.6 Å². The normalized spacial score (nSPS) is 13.6. The molecule has 0 unspecified atom stereocenters. The van der Waals surface area contributed by atoms with Gasteiger partial charge in [0.15, 0.2) is 0 Å². The number of halogens is 1. The first kappa shape index (κ1) is 17.5. The minimum atomic E-state index is 0.572. The van der Waals surface area contributed by atoms with Gasteiger partial charge in [0.1, 0.15) is 5.75 Å². The molecule has 5 nitrogen and oxygen atoms in total. The lowest BCUT2D eigenvalue weighted by Crippen LogP contribution is -1.95. The molecule has 5 rings (SSSR count). The fourth-order valence-electron chi connectivity index (χ4n) is 3.36. The van der Waals surface area contributed by atoms with Gasteiger partial charge in [-0.3, -0.25) is 9.67 Å². The predicted octanol–water partition coefficient (Wildman–Crippen LogP) is 5.79. The number of benzene rings is 2. The maximum Gasteiger partial charge on any atom is 0.121 e. The van der Waals surface area contributed by atoms with Crippen molar-refractivity contribution in [2.75, 3.05) is 12.4 Å². The standard InChI is InChI=1S/C22H19IN4O/c1-28-19-9-14(15-12-25-27(13-15)18-3-4-18)8-17(11-19)26-22-6-7-24-21-5-2-16(23)10-20(21)22/h2,5-13,18H,3-4H2,1H3,(H,24,26). The third-order valence-electron chi connectivity index (χ3n) is 4.98. The number of rotatable bonds is 5. The average Bonchev–Trinajstić information content (AvgIpc) is 3.44. The summed E-state index contributed by atoms with van der Waals surface area (Å²) in [4.78, 5) is 4.47. The summed E-state index contributed by atoms with van der Waals surface area (Å²) >= 11 is 2.33. The molecule has 6 heteroatoms. The summed E-state index contributed by atoms with van der Waals surface area (Å²) in [5, 5.41) is 9.17. The first-order valence-corrected chi connectivity index (χ1v) is 10.3. The Labute approximate surface area is 176 Å². The van der Waals surface area contributed by atoms with E-state index in [1.165, 1.54) is 16.4 Å². The average molecular weight is 482 g/mol. The van der Waals surface area contributed by atoms with Crippen LogP contribution in [0.1, 0.15) is 18.9 Å². The van der Waals surface area contributed by atoms with Gasteiger partial charge >= 0.3 is 0 Å². The zero-order valence-corrected chi connectivity index (χ0v) is 17.6. The van der Waals surface area contributed by atoms with Crippen molar-refractivity contribution in [1.82, 2.24) is 14.8 Å². The van der Waals surface area contributed by atoms with Crippen LogP contribution in [-0.4, -0.2) is 21.9 Å². The minimum Gasteiger partial charge on any atom is -0.497 e. The van der Waals surface area contributed by atoms with Crippen molar-refractivity contribution in [3.8, 4) is 16.9 Å². The SMILES string of the molecule is COc1cc(Nc2ccnc3ccc(I)cc23)cc(-c2cnn(C3CC3)c2)c1. The highest BCUT2D eigenvalue weighted by atomic mass is 127. The Bertz CT molecular complexity index is 1170. The van der Waals surface area contributed by atoms with Crippen molar-refractivity contribution >= 4 is 44.9 Å². The molecule has 0 aliphatic heterocycles. The molecule has 2 aromatic heterocycles. The van der Waals surface area contributed by atoms with E-state index in [9.17, 15) is 0 Å². The second-order valence-electron chi connectivity index (χ2n) is 7.04. The van der Waals surface area contributed by atoms with Crippen LogP contribution in [-0.2, 0) is 0 Å². The van der Waals surface area contributed by atoms with Crippen LogP contribution in [0.25, 0.3) is 22.0 Å². The van der Waals surface area contributed by atoms with Crippen molar-refractivity contribution < 1.29 is 4.74 Å². The highest BCUT2D eigenvalue weighted by Gasteiger charge is 2.24. The van der Waals surface area contributed by atoms with E-state index in [-0.39, 0.29) is 0 Å². The van der Waals surface area contributed by atoms with Gasteiger partial charge in [-0.2, -0.15) is 5.10 Å². The van der Waals surface area contributed by atoms with Crippen LogP contribution in [0.15, 0.2) is 61.1 Å². The number of hydrogen-bond donors (Lipinski definition) is 1. The number of hydrogen-bond acceptors (Lipinski definition) is 4. The van der Waals surface area contributed by atoms with Crippen molar-refractivity contribution in [1.29, 1.82) is 0 Å². The molecular formula is C22H19IN4O. The molecule has 0 amide bonds. The van der Waals surface area contributed by atoms with Crippen LogP contribution < -0.4 is 10.1 Å². The van der Waals surface area contributed by atoms with Crippen LogP contribution in [0.5, 0.6) is 5.75 Å². The molecule has 0 saturated heterocycles. The van der Waals surface area contributed by atoms with E-state index in [4.69, 9.17) is 4.74 Å². The van der Waals surface area contributed by atoms with Gasteiger partial charge in [-0.15, -0.1) is 0 Å². The molecule has 1 saturated carbocycles. The number of anilines is 2. The number of methoxy groups -OCH3 is 1. The molecule has 0 spiro atoms. The van der Waals surface area contributed by atoms with Gasteiger partial charge < -0.3 is 10.1 Å². The molecule has 0 radical (unpaired) electrons. The zero-order chi connectivity index (χ0) is 19.1. The molecule has 1 aliphatic carbocycles. The summed E-state index contributed by atoms with van der Waals surface area (Å²) in [6.07, 6.45) is 8.33. The molecule has 0 atom stereocenters. The number of pyridine rings is 1. The van der Waals surface area contributed by atoms with Crippen molar-refractivity contribution in [3.63, 3.8) is 0 Å². The van der Waals surface area contributed by atoms with E-state index >= 15 is 0 Å².